The van der Waals surface area contributed by atoms with Crippen LogP contribution < -0.4 is 0 Å². The van der Waals surface area contributed by atoms with Crippen molar-refractivity contribution in [1.29, 1.82) is 0 Å². The van der Waals surface area contributed by atoms with E-state index in [1.54, 1.807) is 6.42 Å². The van der Waals surface area contributed by atoms with Crippen molar-refractivity contribution in [2.24, 2.45) is 0 Å². The summed E-state index contributed by atoms with van der Waals surface area (Å²) in [6.45, 7) is 1.89. The third-order valence-corrected chi connectivity index (χ3v) is 2.17. The first-order chi connectivity index (χ1) is 6.56. The second-order valence-electron chi connectivity index (χ2n) is 2.69. The van der Waals surface area contributed by atoms with E-state index in [4.69, 9.17) is 23.2 Å². The zero-order chi connectivity index (χ0) is 10.7. The zero-order valence-electron chi connectivity index (χ0n) is 8.04. The molecule has 0 aliphatic rings. The largest absolute Gasteiger partial charge is 0.270 e. The molecule has 3 nitrogen and oxygen atoms in total. The van der Waals surface area contributed by atoms with Gasteiger partial charge in [-0.1, -0.05) is 36.5 Å². The Bertz CT molecular complexity index is 371. The second kappa shape index (κ2) is 6.69. The molecule has 0 saturated heterocycles. The topological polar surface area (TPSA) is 43.1 Å². The number of nitro benzene ring substituents is 1. The Labute approximate surface area is 123 Å². The Balaban J connectivity index is 0.00000196. The van der Waals surface area contributed by atoms with E-state index in [1.165, 1.54) is 12.1 Å². The van der Waals surface area contributed by atoms with E-state index >= 15 is 0 Å². The summed E-state index contributed by atoms with van der Waals surface area (Å²) >= 11 is 11.5. The summed E-state index contributed by atoms with van der Waals surface area (Å²) in [5.41, 5.74) is 0.382. The van der Waals surface area contributed by atoms with Crippen molar-refractivity contribution >= 4 is 28.9 Å². The Morgan fingerprint density at radius 3 is 2.53 bits per heavy atom. The minimum absolute atomic E-state index is 0. The van der Waals surface area contributed by atoms with E-state index in [2.05, 4.69) is 0 Å². The van der Waals surface area contributed by atoms with Crippen LogP contribution in [0, 0.1) is 16.5 Å². The number of nitro groups is 1. The molecule has 1 rings (SSSR count). The fraction of sp³-hybridized carbons (Fsp3) is 0.222. The molecule has 0 aliphatic carbocycles. The zero-order valence-corrected chi connectivity index (χ0v) is 12.4. The van der Waals surface area contributed by atoms with E-state index in [0.29, 0.717) is 17.0 Å². The van der Waals surface area contributed by atoms with Gasteiger partial charge < -0.3 is 0 Å². The van der Waals surface area contributed by atoms with Crippen LogP contribution in [0.4, 0.5) is 5.69 Å². The van der Waals surface area contributed by atoms with Crippen LogP contribution in [0.25, 0.3) is 0 Å². The van der Waals surface area contributed by atoms with Gasteiger partial charge in [-0.15, -0.1) is 11.6 Å². The van der Waals surface area contributed by atoms with Crippen LogP contribution in [-0.4, -0.2) is 4.92 Å². The molecule has 1 aromatic rings. The second-order valence-corrected chi connectivity index (χ2v) is 3.54. The molecule has 6 heteroatoms. The number of hydrogen-bond donors (Lipinski definition) is 0. The molecule has 0 amide bonds. The first-order valence-corrected chi connectivity index (χ1v) is 4.78. The van der Waals surface area contributed by atoms with Gasteiger partial charge in [-0.3, -0.25) is 10.1 Å². The van der Waals surface area contributed by atoms with Crippen molar-refractivity contribution in [2.45, 2.75) is 13.3 Å². The van der Waals surface area contributed by atoms with E-state index in [9.17, 15) is 10.1 Å². The summed E-state index contributed by atoms with van der Waals surface area (Å²) in [6.07, 6.45) is 2.41. The monoisotopic (exact) mass is 321 g/mol. The Morgan fingerprint density at radius 1 is 1.47 bits per heavy atom. The van der Waals surface area contributed by atoms with Gasteiger partial charge in [0.2, 0.25) is 0 Å². The summed E-state index contributed by atoms with van der Waals surface area (Å²) in [7, 11) is 0. The van der Waals surface area contributed by atoms with Crippen LogP contribution in [-0.2, 0) is 32.7 Å². The molecular formula is C9H8Cl2NO2Y-. The summed E-state index contributed by atoms with van der Waals surface area (Å²) in [4.78, 5) is 10.2. The van der Waals surface area contributed by atoms with Crippen LogP contribution in [0.5, 0.6) is 0 Å². The maximum atomic E-state index is 10.7. The van der Waals surface area contributed by atoms with Gasteiger partial charge in [-0.05, 0) is 11.1 Å². The molecule has 0 unspecified atom stereocenters. The van der Waals surface area contributed by atoms with Gasteiger partial charge in [0.1, 0.15) is 0 Å². The van der Waals surface area contributed by atoms with E-state index in [0.717, 1.165) is 0 Å². The molecule has 0 saturated carbocycles. The molecule has 0 bridgehead atoms. The fourth-order valence-electron chi connectivity index (χ4n) is 1.15. The van der Waals surface area contributed by atoms with Crippen LogP contribution in [0.1, 0.15) is 18.9 Å². The van der Waals surface area contributed by atoms with Crippen molar-refractivity contribution < 1.29 is 37.6 Å². The van der Waals surface area contributed by atoms with Crippen LogP contribution in [0.2, 0.25) is 10.0 Å². The Morgan fingerprint density at radius 2 is 2.07 bits per heavy atom. The molecule has 1 radical (unpaired) electrons. The number of nitrogens with zero attached hydrogens (tertiary/aromatic N) is 1. The molecule has 15 heavy (non-hydrogen) atoms. The van der Waals surface area contributed by atoms with Gasteiger partial charge >= 0.3 is 0 Å². The molecule has 0 N–H and O–H groups in total. The Hall–Kier alpha value is 0.174. The molecule has 0 spiro atoms. The maximum Gasteiger partial charge on any atom is 0.188 e. The first kappa shape index (κ1) is 15.2. The van der Waals surface area contributed by atoms with Crippen LogP contribution in [0.3, 0.4) is 0 Å². The maximum absolute atomic E-state index is 10.7. The predicted molar refractivity (Wildman–Crippen MR) is 56.8 cm³/mol. The SMILES string of the molecule is CC[CH-]c1cc(Cl)cc(Cl)c1[N+](=O)[O-].[Y]. The van der Waals surface area contributed by atoms with E-state index < -0.39 is 4.92 Å². The molecule has 0 aromatic heterocycles. The third kappa shape index (κ3) is 3.91. The van der Waals surface area contributed by atoms with Gasteiger partial charge in [0.15, 0.2) is 5.69 Å². The summed E-state index contributed by atoms with van der Waals surface area (Å²) in [6, 6.07) is 2.91. The molecular weight excluding hydrogens is 314 g/mol. The van der Waals surface area contributed by atoms with Crippen LogP contribution >= 0.6 is 23.2 Å². The van der Waals surface area contributed by atoms with Crippen molar-refractivity contribution in [3.8, 4) is 0 Å². The number of rotatable bonds is 3. The number of benzene rings is 1. The van der Waals surface area contributed by atoms with Gasteiger partial charge in [0.05, 0.1) is 5.02 Å². The van der Waals surface area contributed by atoms with Crippen molar-refractivity contribution in [1.82, 2.24) is 0 Å². The molecule has 0 aliphatic heterocycles. The molecule has 0 atom stereocenters. The summed E-state index contributed by atoms with van der Waals surface area (Å²) < 4.78 is 0. The quantitative estimate of drug-likeness (QED) is 0.482. The van der Waals surface area contributed by atoms with E-state index in [-0.39, 0.29) is 43.4 Å². The van der Waals surface area contributed by atoms with Crippen molar-refractivity contribution in [3.05, 3.63) is 44.3 Å². The minimum Gasteiger partial charge on any atom is -0.270 e. The first-order valence-electron chi connectivity index (χ1n) is 4.03. The fourth-order valence-corrected chi connectivity index (χ4v) is 1.73. The summed E-state index contributed by atoms with van der Waals surface area (Å²) in [5.74, 6) is 0. The number of hydrogen-bond acceptors (Lipinski definition) is 2. The molecule has 0 fully saturated rings. The predicted octanol–water partition coefficient (Wildman–Crippen LogP) is 3.86. The standard InChI is InChI=1S/C9H8Cl2NO2.Y/c1-2-3-6-4-7(10)5-8(11)9(6)12(13)14;/h3-5H,2H2,1H3;/q-1;. The van der Waals surface area contributed by atoms with Crippen LogP contribution in [0.15, 0.2) is 12.1 Å². The molecule has 0 heterocycles. The Kier molecular flexibility index (Phi) is 6.77. The van der Waals surface area contributed by atoms with E-state index in [1.807, 2.05) is 6.92 Å². The normalized spacial score (nSPS) is 9.27. The van der Waals surface area contributed by atoms with Crippen molar-refractivity contribution in [2.75, 3.05) is 0 Å². The average molecular weight is 322 g/mol. The van der Waals surface area contributed by atoms with Gasteiger partial charge in [-0.2, -0.15) is 6.42 Å². The van der Waals surface area contributed by atoms with Crippen molar-refractivity contribution in [3.63, 3.8) is 0 Å². The smallest absolute Gasteiger partial charge is 0.188 e. The molecule has 79 valence electrons. The summed E-state index contributed by atoms with van der Waals surface area (Å²) in [5, 5.41) is 11.2. The minimum atomic E-state index is -0.500. The van der Waals surface area contributed by atoms with Gasteiger partial charge in [0, 0.05) is 37.6 Å². The third-order valence-electron chi connectivity index (χ3n) is 1.66. The van der Waals surface area contributed by atoms with Gasteiger partial charge in [-0.25, -0.2) is 0 Å². The molecule has 1 aromatic carbocycles. The van der Waals surface area contributed by atoms with Gasteiger partial charge in [0.25, 0.3) is 0 Å². The number of halogens is 2. The average Bonchev–Trinajstić information content (AvgIpc) is 2.01.